The minimum absolute atomic E-state index is 0.218. The van der Waals surface area contributed by atoms with Gasteiger partial charge in [-0.25, -0.2) is 0 Å². The third-order valence-electron chi connectivity index (χ3n) is 2.63. The van der Waals surface area contributed by atoms with Gasteiger partial charge in [0.05, 0.1) is 6.61 Å². The van der Waals surface area contributed by atoms with Crippen LogP contribution in [-0.4, -0.2) is 17.5 Å². The van der Waals surface area contributed by atoms with Crippen LogP contribution < -0.4 is 10.1 Å². The Labute approximate surface area is 112 Å². The van der Waals surface area contributed by atoms with Crippen LogP contribution in [0.4, 0.5) is 5.69 Å². The third-order valence-corrected chi connectivity index (χ3v) is 2.63. The molecule has 0 aliphatic carbocycles. The average Bonchev–Trinajstić information content (AvgIpc) is 2.43. The molecule has 4 heteroatoms. The lowest BCUT2D eigenvalue weighted by Crippen LogP contribution is -2.13. The molecule has 1 aromatic heterocycles. The van der Waals surface area contributed by atoms with Crippen molar-refractivity contribution in [1.29, 1.82) is 0 Å². The topological polar surface area (TPSA) is 51.2 Å². The van der Waals surface area contributed by atoms with Crippen LogP contribution in [0.5, 0.6) is 5.75 Å². The number of ether oxygens (including phenoxy) is 1. The molecule has 98 valence electrons. The van der Waals surface area contributed by atoms with E-state index in [-0.39, 0.29) is 5.91 Å². The van der Waals surface area contributed by atoms with Gasteiger partial charge in [0.1, 0.15) is 11.4 Å². The number of nitrogens with one attached hydrogen (secondary N) is 1. The molecular formula is C15H16N2O2. The van der Waals surface area contributed by atoms with E-state index >= 15 is 0 Å². The SMILES string of the molecule is CCOc1ccc(NC(=O)c2ccccn2)cc1C. The highest BCUT2D eigenvalue weighted by Gasteiger charge is 2.07. The molecule has 1 heterocycles. The van der Waals surface area contributed by atoms with Crippen LogP contribution in [0.25, 0.3) is 0 Å². The van der Waals surface area contributed by atoms with Gasteiger partial charge in [-0.15, -0.1) is 0 Å². The van der Waals surface area contributed by atoms with E-state index in [0.29, 0.717) is 12.3 Å². The van der Waals surface area contributed by atoms with Gasteiger partial charge in [0.2, 0.25) is 0 Å². The van der Waals surface area contributed by atoms with Crippen molar-refractivity contribution in [2.75, 3.05) is 11.9 Å². The van der Waals surface area contributed by atoms with E-state index in [2.05, 4.69) is 10.3 Å². The highest BCUT2D eigenvalue weighted by Crippen LogP contribution is 2.22. The predicted molar refractivity (Wildman–Crippen MR) is 74.5 cm³/mol. The number of benzene rings is 1. The number of rotatable bonds is 4. The second-order valence-corrected chi connectivity index (χ2v) is 4.08. The van der Waals surface area contributed by atoms with Crippen molar-refractivity contribution in [2.45, 2.75) is 13.8 Å². The van der Waals surface area contributed by atoms with Crippen molar-refractivity contribution in [1.82, 2.24) is 4.98 Å². The molecule has 0 atom stereocenters. The van der Waals surface area contributed by atoms with Gasteiger partial charge in [-0.2, -0.15) is 0 Å². The summed E-state index contributed by atoms with van der Waals surface area (Å²) in [5, 5.41) is 2.81. The van der Waals surface area contributed by atoms with E-state index in [4.69, 9.17) is 4.74 Å². The Morgan fingerprint density at radius 3 is 2.79 bits per heavy atom. The Balaban J connectivity index is 2.12. The molecule has 0 saturated carbocycles. The molecule has 0 spiro atoms. The molecule has 0 bridgehead atoms. The molecule has 0 radical (unpaired) electrons. The number of hydrogen-bond donors (Lipinski definition) is 1. The molecule has 19 heavy (non-hydrogen) atoms. The highest BCUT2D eigenvalue weighted by atomic mass is 16.5. The largest absolute Gasteiger partial charge is 0.494 e. The van der Waals surface area contributed by atoms with Crippen molar-refractivity contribution in [3.63, 3.8) is 0 Å². The molecular weight excluding hydrogens is 240 g/mol. The first-order valence-corrected chi connectivity index (χ1v) is 6.16. The number of nitrogens with zero attached hydrogens (tertiary/aromatic N) is 1. The van der Waals surface area contributed by atoms with Gasteiger partial charge in [0, 0.05) is 11.9 Å². The Kier molecular flexibility index (Phi) is 4.13. The lowest BCUT2D eigenvalue weighted by Gasteiger charge is -2.10. The Morgan fingerprint density at radius 2 is 2.16 bits per heavy atom. The summed E-state index contributed by atoms with van der Waals surface area (Å²) in [6, 6.07) is 10.8. The molecule has 0 aliphatic heterocycles. The van der Waals surface area contributed by atoms with Gasteiger partial charge in [-0.3, -0.25) is 9.78 Å². The van der Waals surface area contributed by atoms with Gasteiger partial charge in [0.15, 0.2) is 0 Å². The summed E-state index contributed by atoms with van der Waals surface area (Å²) in [7, 11) is 0. The van der Waals surface area contributed by atoms with Crippen LogP contribution in [0.15, 0.2) is 42.6 Å². The zero-order valence-electron chi connectivity index (χ0n) is 11.0. The van der Waals surface area contributed by atoms with Crippen LogP contribution in [0.1, 0.15) is 23.0 Å². The van der Waals surface area contributed by atoms with Crippen LogP contribution in [-0.2, 0) is 0 Å². The molecule has 1 amide bonds. The first-order valence-electron chi connectivity index (χ1n) is 6.16. The van der Waals surface area contributed by atoms with Gasteiger partial charge >= 0.3 is 0 Å². The van der Waals surface area contributed by atoms with Crippen molar-refractivity contribution in [3.05, 3.63) is 53.9 Å². The van der Waals surface area contributed by atoms with E-state index in [1.54, 1.807) is 24.4 Å². The summed E-state index contributed by atoms with van der Waals surface area (Å²) in [4.78, 5) is 15.9. The van der Waals surface area contributed by atoms with Gasteiger partial charge < -0.3 is 10.1 Å². The second kappa shape index (κ2) is 6.00. The molecule has 1 N–H and O–H groups in total. The first-order chi connectivity index (χ1) is 9.20. The molecule has 2 rings (SSSR count). The highest BCUT2D eigenvalue weighted by molar-refractivity contribution is 6.02. The quantitative estimate of drug-likeness (QED) is 0.914. The Morgan fingerprint density at radius 1 is 1.32 bits per heavy atom. The van der Waals surface area contributed by atoms with E-state index in [1.165, 1.54) is 0 Å². The number of aryl methyl sites for hydroxylation is 1. The number of carbonyl (C=O) groups excluding carboxylic acids is 1. The number of aromatic nitrogens is 1. The zero-order valence-corrected chi connectivity index (χ0v) is 11.0. The van der Waals surface area contributed by atoms with Crippen LogP contribution >= 0.6 is 0 Å². The summed E-state index contributed by atoms with van der Waals surface area (Å²) in [6.45, 7) is 4.51. The first kappa shape index (κ1) is 13.1. The van der Waals surface area contributed by atoms with Crippen LogP contribution in [0.2, 0.25) is 0 Å². The minimum atomic E-state index is -0.218. The Hall–Kier alpha value is -2.36. The summed E-state index contributed by atoms with van der Waals surface area (Å²) in [5.74, 6) is 0.613. The van der Waals surface area contributed by atoms with Gasteiger partial charge in [-0.05, 0) is 49.7 Å². The fraction of sp³-hybridized carbons (Fsp3) is 0.200. The molecule has 4 nitrogen and oxygen atoms in total. The standard InChI is InChI=1S/C15H16N2O2/c1-3-19-14-8-7-12(10-11(14)2)17-15(18)13-6-4-5-9-16-13/h4-10H,3H2,1-2H3,(H,17,18). The van der Waals surface area contributed by atoms with E-state index in [9.17, 15) is 4.79 Å². The van der Waals surface area contributed by atoms with Gasteiger partial charge in [0.25, 0.3) is 5.91 Å². The van der Waals surface area contributed by atoms with E-state index in [1.807, 2.05) is 32.0 Å². The molecule has 1 aromatic carbocycles. The summed E-state index contributed by atoms with van der Waals surface area (Å²) in [5.41, 5.74) is 2.12. The third kappa shape index (κ3) is 3.31. The maximum absolute atomic E-state index is 11.9. The molecule has 0 aliphatic rings. The van der Waals surface area contributed by atoms with Crippen LogP contribution in [0, 0.1) is 6.92 Å². The van der Waals surface area contributed by atoms with Crippen molar-refractivity contribution >= 4 is 11.6 Å². The van der Waals surface area contributed by atoms with E-state index < -0.39 is 0 Å². The number of carbonyl (C=O) groups is 1. The average molecular weight is 256 g/mol. The maximum atomic E-state index is 11.9. The molecule has 0 unspecified atom stereocenters. The zero-order chi connectivity index (χ0) is 13.7. The predicted octanol–water partition coefficient (Wildman–Crippen LogP) is 3.04. The second-order valence-electron chi connectivity index (χ2n) is 4.08. The molecule has 0 saturated heterocycles. The monoisotopic (exact) mass is 256 g/mol. The number of amides is 1. The fourth-order valence-corrected chi connectivity index (χ4v) is 1.74. The smallest absolute Gasteiger partial charge is 0.274 e. The van der Waals surface area contributed by atoms with Crippen LogP contribution in [0.3, 0.4) is 0 Å². The lowest BCUT2D eigenvalue weighted by molar-refractivity contribution is 0.102. The maximum Gasteiger partial charge on any atom is 0.274 e. The van der Waals surface area contributed by atoms with Crippen molar-refractivity contribution < 1.29 is 9.53 Å². The number of pyridine rings is 1. The minimum Gasteiger partial charge on any atom is -0.494 e. The van der Waals surface area contributed by atoms with Gasteiger partial charge in [-0.1, -0.05) is 6.07 Å². The summed E-state index contributed by atoms with van der Waals surface area (Å²) >= 11 is 0. The summed E-state index contributed by atoms with van der Waals surface area (Å²) in [6.07, 6.45) is 1.60. The molecule has 2 aromatic rings. The normalized spacial score (nSPS) is 10.0. The fourth-order valence-electron chi connectivity index (χ4n) is 1.74. The lowest BCUT2D eigenvalue weighted by atomic mass is 10.2. The summed E-state index contributed by atoms with van der Waals surface area (Å²) < 4.78 is 5.46. The number of anilines is 1. The Bertz CT molecular complexity index is 568. The van der Waals surface area contributed by atoms with E-state index in [0.717, 1.165) is 17.0 Å². The van der Waals surface area contributed by atoms with Crippen molar-refractivity contribution in [2.24, 2.45) is 0 Å². The number of hydrogen-bond acceptors (Lipinski definition) is 3. The van der Waals surface area contributed by atoms with Crippen molar-refractivity contribution in [3.8, 4) is 5.75 Å². The molecule has 0 fully saturated rings.